The van der Waals surface area contributed by atoms with Crippen LogP contribution in [0, 0.1) is 5.92 Å². The first kappa shape index (κ1) is 13.6. The molecular formula is C15H19NO3. The van der Waals surface area contributed by atoms with E-state index in [1.807, 2.05) is 6.07 Å². The Bertz CT molecular complexity index is 464. The van der Waals surface area contributed by atoms with Crippen molar-refractivity contribution in [3.05, 3.63) is 29.8 Å². The molecule has 0 bridgehead atoms. The van der Waals surface area contributed by atoms with Crippen molar-refractivity contribution in [1.82, 2.24) is 0 Å². The summed E-state index contributed by atoms with van der Waals surface area (Å²) >= 11 is 0. The van der Waals surface area contributed by atoms with Crippen LogP contribution in [0.15, 0.2) is 24.3 Å². The summed E-state index contributed by atoms with van der Waals surface area (Å²) in [5, 5.41) is 11.5. The molecule has 4 heteroatoms. The van der Waals surface area contributed by atoms with Gasteiger partial charge in [-0.2, -0.15) is 0 Å². The van der Waals surface area contributed by atoms with E-state index < -0.39 is 5.97 Å². The highest BCUT2D eigenvalue weighted by Crippen LogP contribution is 2.29. The second-order valence-corrected chi connectivity index (χ2v) is 5.07. The van der Waals surface area contributed by atoms with Crippen molar-refractivity contribution in [3.63, 3.8) is 0 Å². The highest BCUT2D eigenvalue weighted by atomic mass is 16.4. The van der Waals surface area contributed by atoms with Gasteiger partial charge in [-0.1, -0.05) is 37.8 Å². The van der Waals surface area contributed by atoms with Gasteiger partial charge in [0.25, 0.3) is 0 Å². The third-order valence-corrected chi connectivity index (χ3v) is 3.61. The molecule has 2 rings (SSSR count). The Morgan fingerprint density at radius 3 is 2.58 bits per heavy atom. The summed E-state index contributed by atoms with van der Waals surface area (Å²) in [4.78, 5) is 22.9. The molecule has 0 amide bonds. The van der Waals surface area contributed by atoms with Gasteiger partial charge in [-0.15, -0.1) is 0 Å². The van der Waals surface area contributed by atoms with E-state index in [0.29, 0.717) is 23.6 Å². The van der Waals surface area contributed by atoms with E-state index in [0.717, 1.165) is 12.8 Å². The van der Waals surface area contributed by atoms with Crippen LogP contribution in [-0.2, 0) is 4.79 Å². The van der Waals surface area contributed by atoms with Crippen molar-refractivity contribution >= 4 is 17.4 Å². The van der Waals surface area contributed by atoms with Gasteiger partial charge in [0.05, 0.1) is 0 Å². The normalized spacial score (nSPS) is 15.4. The number of anilines is 1. The third-order valence-electron chi connectivity index (χ3n) is 3.61. The first-order chi connectivity index (χ1) is 9.16. The summed E-state index contributed by atoms with van der Waals surface area (Å²) < 4.78 is 0. The molecule has 1 aliphatic carbocycles. The topological polar surface area (TPSA) is 66.4 Å². The van der Waals surface area contributed by atoms with E-state index >= 15 is 0 Å². The van der Waals surface area contributed by atoms with Crippen molar-refractivity contribution in [2.75, 3.05) is 11.9 Å². The van der Waals surface area contributed by atoms with Crippen LogP contribution < -0.4 is 5.32 Å². The fraction of sp³-hybridized carbons (Fsp3) is 0.467. The fourth-order valence-corrected chi connectivity index (χ4v) is 2.64. The van der Waals surface area contributed by atoms with Crippen molar-refractivity contribution in [3.8, 4) is 0 Å². The van der Waals surface area contributed by atoms with Crippen molar-refractivity contribution < 1.29 is 14.7 Å². The van der Waals surface area contributed by atoms with Crippen LogP contribution in [0.4, 0.5) is 5.69 Å². The van der Waals surface area contributed by atoms with Gasteiger partial charge in [0, 0.05) is 17.7 Å². The lowest BCUT2D eigenvalue weighted by atomic mass is 9.96. The van der Waals surface area contributed by atoms with Gasteiger partial charge < -0.3 is 10.4 Å². The maximum atomic E-state index is 12.3. The lowest BCUT2D eigenvalue weighted by Crippen LogP contribution is -2.15. The van der Waals surface area contributed by atoms with Gasteiger partial charge in [0.15, 0.2) is 5.78 Å². The second-order valence-electron chi connectivity index (χ2n) is 5.07. The van der Waals surface area contributed by atoms with Crippen LogP contribution in [0.2, 0.25) is 0 Å². The minimum atomic E-state index is -0.932. The molecule has 0 aliphatic heterocycles. The molecule has 0 aromatic heterocycles. The van der Waals surface area contributed by atoms with Crippen molar-refractivity contribution in [2.24, 2.45) is 5.92 Å². The zero-order chi connectivity index (χ0) is 13.7. The minimum Gasteiger partial charge on any atom is -0.480 e. The molecular weight excluding hydrogens is 242 g/mol. The molecule has 102 valence electrons. The van der Waals surface area contributed by atoms with Gasteiger partial charge in [-0.25, -0.2) is 0 Å². The number of carbonyl (C=O) groups is 2. The van der Waals surface area contributed by atoms with E-state index in [9.17, 15) is 9.59 Å². The Labute approximate surface area is 112 Å². The molecule has 1 aromatic rings. The van der Waals surface area contributed by atoms with E-state index in [-0.39, 0.29) is 12.3 Å². The summed E-state index contributed by atoms with van der Waals surface area (Å²) in [7, 11) is 0. The molecule has 0 unspecified atom stereocenters. The number of carboxylic acid groups (broad SMARTS) is 1. The zero-order valence-electron chi connectivity index (χ0n) is 10.9. The monoisotopic (exact) mass is 261 g/mol. The van der Waals surface area contributed by atoms with Crippen LogP contribution >= 0.6 is 0 Å². The van der Waals surface area contributed by atoms with Gasteiger partial charge >= 0.3 is 5.97 Å². The first-order valence-electron chi connectivity index (χ1n) is 6.74. The molecule has 0 heterocycles. The Balaban J connectivity index is 2.04. The molecule has 0 saturated heterocycles. The highest BCUT2D eigenvalue weighted by Gasteiger charge is 2.20. The Morgan fingerprint density at radius 2 is 1.89 bits per heavy atom. The third kappa shape index (κ3) is 3.81. The Morgan fingerprint density at radius 1 is 1.21 bits per heavy atom. The lowest BCUT2D eigenvalue weighted by Gasteiger charge is -2.12. The molecule has 1 aliphatic rings. The second kappa shape index (κ2) is 6.36. The molecule has 19 heavy (non-hydrogen) atoms. The number of hydrogen-bond donors (Lipinski definition) is 2. The first-order valence-corrected chi connectivity index (χ1v) is 6.74. The quantitative estimate of drug-likeness (QED) is 0.773. The maximum Gasteiger partial charge on any atom is 0.322 e. The summed E-state index contributed by atoms with van der Waals surface area (Å²) in [5.41, 5.74) is 1.23. The molecule has 2 N–H and O–H groups in total. The van der Waals surface area contributed by atoms with Gasteiger partial charge in [-0.3, -0.25) is 9.59 Å². The summed E-state index contributed by atoms with van der Waals surface area (Å²) in [6, 6.07) is 7.14. The number of aliphatic carboxylic acids is 1. The number of benzene rings is 1. The average molecular weight is 261 g/mol. The van der Waals surface area contributed by atoms with Crippen molar-refractivity contribution in [1.29, 1.82) is 0 Å². The molecule has 0 radical (unpaired) electrons. The molecule has 4 nitrogen and oxygen atoms in total. The average Bonchev–Trinajstić information content (AvgIpc) is 2.89. The van der Waals surface area contributed by atoms with Crippen LogP contribution in [0.25, 0.3) is 0 Å². The standard InChI is InChI=1S/C15H19NO3/c17-14(9-11-5-1-2-6-11)12-7-3-4-8-13(12)16-10-15(18)19/h3-4,7-8,11,16H,1-2,5-6,9-10H2,(H,18,19). The number of rotatable bonds is 6. The molecule has 1 fully saturated rings. The number of ketones is 1. The number of hydrogen-bond acceptors (Lipinski definition) is 3. The SMILES string of the molecule is O=C(O)CNc1ccccc1C(=O)CC1CCCC1. The molecule has 0 atom stereocenters. The molecule has 1 aromatic carbocycles. The van der Waals surface area contributed by atoms with Crippen LogP contribution in [-0.4, -0.2) is 23.4 Å². The van der Waals surface area contributed by atoms with Crippen molar-refractivity contribution in [2.45, 2.75) is 32.1 Å². The Kier molecular flexibility index (Phi) is 4.55. The minimum absolute atomic E-state index is 0.111. The molecule has 0 spiro atoms. The largest absolute Gasteiger partial charge is 0.480 e. The van der Waals surface area contributed by atoms with E-state index in [1.54, 1.807) is 18.2 Å². The molecule has 1 saturated carbocycles. The van der Waals surface area contributed by atoms with Gasteiger partial charge in [0.2, 0.25) is 0 Å². The van der Waals surface area contributed by atoms with E-state index in [4.69, 9.17) is 5.11 Å². The van der Waals surface area contributed by atoms with E-state index in [1.165, 1.54) is 12.8 Å². The zero-order valence-corrected chi connectivity index (χ0v) is 10.9. The number of nitrogens with one attached hydrogen (secondary N) is 1. The number of carboxylic acids is 1. The number of Topliss-reactive ketones (excluding diaryl/α,β-unsaturated/α-hetero) is 1. The van der Waals surface area contributed by atoms with E-state index in [2.05, 4.69) is 5.32 Å². The van der Waals surface area contributed by atoms with Crippen LogP contribution in [0.5, 0.6) is 0 Å². The Hall–Kier alpha value is -1.84. The summed E-state index contributed by atoms with van der Waals surface area (Å²) in [6.45, 7) is -0.173. The number of para-hydroxylation sites is 1. The fourth-order valence-electron chi connectivity index (χ4n) is 2.64. The van der Waals surface area contributed by atoms with Gasteiger partial charge in [0.1, 0.15) is 6.54 Å². The van der Waals surface area contributed by atoms with Gasteiger partial charge in [-0.05, 0) is 18.1 Å². The predicted octanol–water partition coefficient (Wildman–Crippen LogP) is 2.95. The summed E-state index contributed by atoms with van der Waals surface area (Å²) in [6.07, 6.45) is 5.28. The predicted molar refractivity (Wildman–Crippen MR) is 73.5 cm³/mol. The highest BCUT2D eigenvalue weighted by molar-refractivity contribution is 6.01. The maximum absolute atomic E-state index is 12.3. The lowest BCUT2D eigenvalue weighted by molar-refractivity contribution is -0.134. The smallest absolute Gasteiger partial charge is 0.322 e. The summed E-state index contributed by atoms with van der Waals surface area (Å²) in [5.74, 6) is -0.321. The number of carbonyl (C=O) groups excluding carboxylic acids is 1. The van der Waals surface area contributed by atoms with Crippen LogP contribution in [0.3, 0.4) is 0 Å². The van der Waals surface area contributed by atoms with Crippen LogP contribution in [0.1, 0.15) is 42.5 Å².